The van der Waals surface area contributed by atoms with E-state index in [9.17, 15) is 24.8 Å². The van der Waals surface area contributed by atoms with E-state index < -0.39 is 10.8 Å². The molecule has 10 heteroatoms. The molecular formula is C18H15N5O5. The summed E-state index contributed by atoms with van der Waals surface area (Å²) in [6, 6.07) is 10.3. The Balaban J connectivity index is 1.78. The molecular weight excluding hydrogens is 366 g/mol. The summed E-state index contributed by atoms with van der Waals surface area (Å²) in [5.41, 5.74) is 1.47. The summed E-state index contributed by atoms with van der Waals surface area (Å²) in [7, 11) is 0. The van der Waals surface area contributed by atoms with E-state index in [1.807, 2.05) is 0 Å². The fourth-order valence-corrected chi connectivity index (χ4v) is 2.54. The number of anilines is 2. The van der Waals surface area contributed by atoms with Crippen molar-refractivity contribution < 1.29 is 19.6 Å². The molecule has 0 bridgehead atoms. The number of benzene rings is 2. The number of nitro benzene ring substituents is 1. The van der Waals surface area contributed by atoms with Crippen LogP contribution in [0.3, 0.4) is 0 Å². The van der Waals surface area contributed by atoms with Crippen molar-refractivity contribution in [1.82, 2.24) is 0 Å². The van der Waals surface area contributed by atoms with Gasteiger partial charge >= 0.3 is 0 Å². The van der Waals surface area contributed by atoms with Gasteiger partial charge in [-0.25, -0.2) is 0 Å². The lowest BCUT2D eigenvalue weighted by molar-refractivity contribution is -0.384. The van der Waals surface area contributed by atoms with E-state index in [0.717, 1.165) is 5.56 Å². The number of fused-ring (bicyclic) bond motifs is 1. The number of nitro groups is 1. The van der Waals surface area contributed by atoms with Crippen LogP contribution in [0.1, 0.15) is 12.5 Å². The minimum absolute atomic E-state index is 0.118. The van der Waals surface area contributed by atoms with Gasteiger partial charge in [0, 0.05) is 23.5 Å². The first-order chi connectivity index (χ1) is 13.3. The number of aliphatic hydroxyl groups excluding tert-OH is 1. The third-order valence-electron chi connectivity index (χ3n) is 3.86. The molecule has 3 rings (SSSR count). The molecule has 1 heterocycles. The van der Waals surface area contributed by atoms with E-state index in [2.05, 4.69) is 20.9 Å². The van der Waals surface area contributed by atoms with Crippen molar-refractivity contribution in [3.63, 3.8) is 0 Å². The number of non-ortho nitro benzene ring substituents is 1. The molecule has 0 saturated carbocycles. The van der Waals surface area contributed by atoms with Gasteiger partial charge in [0.2, 0.25) is 5.91 Å². The highest BCUT2D eigenvalue weighted by molar-refractivity contribution is 6.03. The topological polar surface area (TPSA) is 146 Å². The van der Waals surface area contributed by atoms with Crippen LogP contribution in [0, 0.1) is 10.1 Å². The minimum Gasteiger partial charge on any atom is -0.510 e. The number of carbonyl (C=O) groups is 2. The maximum absolute atomic E-state index is 12.4. The zero-order valence-electron chi connectivity index (χ0n) is 14.7. The Hall–Kier alpha value is -4.08. The number of hydrogen-bond acceptors (Lipinski definition) is 7. The van der Waals surface area contributed by atoms with Crippen molar-refractivity contribution in [3.8, 4) is 0 Å². The normalized spacial score (nSPS) is 13.7. The number of nitrogens with one attached hydrogen (secondary N) is 2. The number of amides is 2. The predicted octanol–water partition coefficient (Wildman–Crippen LogP) is 3.60. The second-order valence-corrected chi connectivity index (χ2v) is 5.96. The van der Waals surface area contributed by atoms with Gasteiger partial charge in [0.1, 0.15) is 5.76 Å². The van der Waals surface area contributed by atoms with Crippen molar-refractivity contribution >= 4 is 34.6 Å². The molecule has 0 aromatic heterocycles. The van der Waals surface area contributed by atoms with Gasteiger partial charge < -0.3 is 15.7 Å². The number of nitrogens with zero attached hydrogens (tertiary/aromatic N) is 3. The Labute approximate surface area is 158 Å². The van der Waals surface area contributed by atoms with Crippen LogP contribution in [0.15, 0.2) is 64.1 Å². The van der Waals surface area contributed by atoms with Crippen LogP contribution in [0.5, 0.6) is 0 Å². The van der Waals surface area contributed by atoms with Crippen molar-refractivity contribution in [3.05, 3.63) is 69.6 Å². The molecule has 0 unspecified atom stereocenters. The van der Waals surface area contributed by atoms with Crippen molar-refractivity contribution in [1.29, 1.82) is 0 Å². The summed E-state index contributed by atoms with van der Waals surface area (Å²) in [5, 5.41) is 33.4. The zero-order valence-corrected chi connectivity index (χ0v) is 14.7. The molecule has 0 spiro atoms. The van der Waals surface area contributed by atoms with Crippen molar-refractivity contribution in [2.24, 2.45) is 10.2 Å². The molecule has 0 fully saturated rings. The Morgan fingerprint density at radius 2 is 2.07 bits per heavy atom. The Morgan fingerprint density at radius 1 is 1.29 bits per heavy atom. The molecule has 28 heavy (non-hydrogen) atoms. The number of hydrogen-bond donors (Lipinski definition) is 3. The summed E-state index contributed by atoms with van der Waals surface area (Å²) in [5.74, 6) is -1.27. The number of azo groups is 1. The average molecular weight is 381 g/mol. The summed E-state index contributed by atoms with van der Waals surface area (Å²) < 4.78 is 0. The van der Waals surface area contributed by atoms with Gasteiger partial charge in [0.05, 0.1) is 17.0 Å². The van der Waals surface area contributed by atoms with Gasteiger partial charge in [-0.1, -0.05) is 12.1 Å². The van der Waals surface area contributed by atoms with Crippen LogP contribution < -0.4 is 10.6 Å². The molecule has 2 amide bonds. The van der Waals surface area contributed by atoms with Crippen molar-refractivity contribution in [2.75, 3.05) is 10.6 Å². The second kappa shape index (κ2) is 7.66. The average Bonchev–Trinajstić information content (AvgIpc) is 3.01. The molecule has 1 aliphatic rings. The van der Waals surface area contributed by atoms with Gasteiger partial charge in [0.25, 0.3) is 11.6 Å². The fraction of sp³-hybridized carbons (Fsp3) is 0.111. The van der Waals surface area contributed by atoms with Gasteiger partial charge in [-0.2, -0.15) is 5.11 Å². The third-order valence-corrected chi connectivity index (χ3v) is 3.86. The number of aliphatic hydroxyl groups is 1. The molecule has 0 saturated heterocycles. The van der Waals surface area contributed by atoms with Gasteiger partial charge in [-0.05, 0) is 30.7 Å². The van der Waals surface area contributed by atoms with E-state index in [1.165, 1.54) is 31.2 Å². The smallest absolute Gasteiger partial charge is 0.279 e. The van der Waals surface area contributed by atoms with E-state index in [1.54, 1.807) is 18.2 Å². The van der Waals surface area contributed by atoms with Gasteiger partial charge in [0.15, 0.2) is 5.70 Å². The summed E-state index contributed by atoms with van der Waals surface area (Å²) >= 11 is 0. The second-order valence-electron chi connectivity index (χ2n) is 5.96. The molecule has 0 aliphatic carbocycles. The Bertz CT molecular complexity index is 1040. The van der Waals surface area contributed by atoms with E-state index in [4.69, 9.17) is 0 Å². The minimum atomic E-state index is -0.779. The monoisotopic (exact) mass is 381 g/mol. The summed E-state index contributed by atoms with van der Waals surface area (Å²) in [4.78, 5) is 34.0. The van der Waals surface area contributed by atoms with E-state index in [0.29, 0.717) is 17.8 Å². The lowest BCUT2D eigenvalue weighted by atomic mass is 10.1. The zero-order chi connectivity index (χ0) is 20.3. The van der Waals surface area contributed by atoms with Crippen LogP contribution in [0.25, 0.3) is 0 Å². The van der Waals surface area contributed by atoms with Crippen LogP contribution >= 0.6 is 0 Å². The third kappa shape index (κ3) is 4.18. The lowest BCUT2D eigenvalue weighted by Crippen LogP contribution is -2.14. The summed E-state index contributed by atoms with van der Waals surface area (Å²) in [6.07, 6.45) is 0.291. The highest BCUT2D eigenvalue weighted by Crippen LogP contribution is 2.28. The highest BCUT2D eigenvalue weighted by Gasteiger charge is 2.18. The molecule has 142 valence electrons. The van der Waals surface area contributed by atoms with Crippen LogP contribution in [-0.2, 0) is 16.0 Å². The molecule has 1 aliphatic heterocycles. The van der Waals surface area contributed by atoms with Crippen LogP contribution in [0.2, 0.25) is 0 Å². The molecule has 2 aromatic carbocycles. The van der Waals surface area contributed by atoms with Crippen molar-refractivity contribution in [2.45, 2.75) is 13.3 Å². The highest BCUT2D eigenvalue weighted by atomic mass is 16.6. The first-order valence-corrected chi connectivity index (χ1v) is 8.13. The first-order valence-electron chi connectivity index (χ1n) is 8.13. The van der Waals surface area contributed by atoms with E-state index >= 15 is 0 Å². The van der Waals surface area contributed by atoms with Crippen LogP contribution in [0.4, 0.5) is 22.7 Å². The SMILES string of the molecule is CC(O)=C(N=Nc1ccc2c(c1)NC(=O)C2)C(=O)Nc1cccc([N+](=O)[O-])c1. The standard InChI is InChI=1S/C18H15N5O5/c1-10(24)17(18(26)19-12-3-2-4-14(8-12)23(27)28)22-21-13-6-5-11-7-16(25)20-15(11)9-13/h2-6,8-9,24H,7H2,1H3,(H,19,26)(H,20,25). The molecule has 3 N–H and O–H groups in total. The first kappa shape index (κ1) is 18.7. The maximum Gasteiger partial charge on any atom is 0.279 e. The maximum atomic E-state index is 12.4. The van der Waals surface area contributed by atoms with Gasteiger partial charge in [-0.15, -0.1) is 5.11 Å². The molecule has 2 aromatic rings. The van der Waals surface area contributed by atoms with Gasteiger partial charge in [-0.3, -0.25) is 19.7 Å². The Morgan fingerprint density at radius 3 is 2.79 bits per heavy atom. The lowest BCUT2D eigenvalue weighted by Gasteiger charge is -2.06. The molecule has 0 radical (unpaired) electrons. The fourth-order valence-electron chi connectivity index (χ4n) is 2.54. The van der Waals surface area contributed by atoms with E-state index in [-0.39, 0.29) is 28.7 Å². The quantitative estimate of drug-likeness (QED) is 0.238. The Kier molecular flexibility index (Phi) is 5.12. The largest absolute Gasteiger partial charge is 0.510 e. The number of allylic oxidation sites excluding steroid dienone is 1. The molecule has 10 nitrogen and oxygen atoms in total. The van der Waals surface area contributed by atoms with Crippen LogP contribution in [-0.4, -0.2) is 21.8 Å². The number of rotatable bonds is 5. The predicted molar refractivity (Wildman–Crippen MR) is 100 cm³/mol. The molecule has 0 atom stereocenters. The summed E-state index contributed by atoms with van der Waals surface area (Å²) in [6.45, 7) is 1.27. The number of carbonyl (C=O) groups excluding carboxylic acids is 2.